The summed E-state index contributed by atoms with van der Waals surface area (Å²) in [7, 11) is 0. The maximum absolute atomic E-state index is 11.9. The van der Waals surface area contributed by atoms with Gasteiger partial charge in [-0.1, -0.05) is 50.6 Å². The van der Waals surface area contributed by atoms with Crippen molar-refractivity contribution < 1.29 is 14.3 Å². The number of ether oxygens (including phenoxy) is 1. The van der Waals surface area contributed by atoms with Crippen LogP contribution < -0.4 is 5.32 Å². The largest absolute Gasteiger partial charge is 0.465 e. The van der Waals surface area contributed by atoms with Crippen LogP contribution in [0, 0.1) is 5.92 Å². The Morgan fingerprint density at radius 2 is 1.96 bits per heavy atom. The first-order valence-corrected chi connectivity index (χ1v) is 8.32. The molecule has 1 aliphatic rings. The van der Waals surface area contributed by atoms with Crippen molar-refractivity contribution in [1.29, 1.82) is 0 Å². The summed E-state index contributed by atoms with van der Waals surface area (Å²) < 4.78 is 5.47. The van der Waals surface area contributed by atoms with Gasteiger partial charge in [-0.05, 0) is 30.7 Å². The van der Waals surface area contributed by atoms with Gasteiger partial charge in [0.1, 0.15) is 0 Å². The Hall–Kier alpha value is -2.10. The van der Waals surface area contributed by atoms with E-state index in [2.05, 4.69) is 17.4 Å². The van der Waals surface area contributed by atoms with Crippen molar-refractivity contribution >= 4 is 11.7 Å². The van der Waals surface area contributed by atoms with Gasteiger partial charge in [0.2, 0.25) is 0 Å². The second kappa shape index (κ2) is 8.51. The highest BCUT2D eigenvalue weighted by Gasteiger charge is 2.32. The zero-order valence-corrected chi connectivity index (χ0v) is 13.9. The monoisotopic (exact) mass is 315 g/mol. The summed E-state index contributed by atoms with van der Waals surface area (Å²) in [5.74, 6) is 0.225. The summed E-state index contributed by atoms with van der Waals surface area (Å²) in [6.07, 6.45) is 5.42. The van der Waals surface area contributed by atoms with Crippen LogP contribution in [0.1, 0.15) is 45.1 Å². The molecule has 1 N–H and O–H groups in total. The molecule has 0 bridgehead atoms. The van der Waals surface area contributed by atoms with Crippen molar-refractivity contribution in [2.75, 3.05) is 0 Å². The number of allylic oxidation sites excluding steroid dienone is 1. The molecule has 0 saturated carbocycles. The van der Waals surface area contributed by atoms with E-state index in [1.54, 1.807) is 0 Å². The fourth-order valence-electron chi connectivity index (χ4n) is 2.59. The Kier molecular flexibility index (Phi) is 6.39. The fourth-order valence-corrected chi connectivity index (χ4v) is 2.59. The number of ketones is 1. The van der Waals surface area contributed by atoms with Gasteiger partial charge in [-0.3, -0.25) is 14.9 Å². The number of nitrogens with one attached hydrogen (secondary N) is 1. The van der Waals surface area contributed by atoms with Gasteiger partial charge in [-0.15, -0.1) is 0 Å². The summed E-state index contributed by atoms with van der Waals surface area (Å²) in [5, 5.41) is 2.62. The Balaban J connectivity index is 1.65. The van der Waals surface area contributed by atoms with Crippen LogP contribution in [-0.4, -0.2) is 17.8 Å². The van der Waals surface area contributed by atoms with Gasteiger partial charge in [-0.2, -0.15) is 0 Å². The van der Waals surface area contributed by atoms with E-state index in [1.165, 1.54) is 11.6 Å². The van der Waals surface area contributed by atoms with Crippen molar-refractivity contribution in [2.24, 2.45) is 5.92 Å². The molecular weight excluding hydrogens is 290 g/mol. The Bertz CT molecular complexity index is 563. The average molecular weight is 315 g/mol. The molecule has 0 aromatic heterocycles. The van der Waals surface area contributed by atoms with E-state index in [0.29, 0.717) is 12.3 Å². The maximum Gasteiger partial charge on any atom is 0.268 e. The lowest BCUT2D eigenvalue weighted by Crippen LogP contribution is -2.27. The minimum atomic E-state index is -0.486. The van der Waals surface area contributed by atoms with Gasteiger partial charge in [0.25, 0.3) is 5.91 Å². The first-order valence-electron chi connectivity index (χ1n) is 8.32. The van der Waals surface area contributed by atoms with Crippen molar-refractivity contribution in [3.63, 3.8) is 0 Å². The quantitative estimate of drug-likeness (QED) is 0.591. The van der Waals surface area contributed by atoms with Crippen molar-refractivity contribution in [2.45, 2.75) is 52.1 Å². The van der Waals surface area contributed by atoms with Gasteiger partial charge in [0.05, 0.1) is 0 Å². The molecule has 124 valence electrons. The molecule has 0 aliphatic carbocycles. The maximum atomic E-state index is 11.9. The fraction of sp³-hybridized carbons (Fsp3) is 0.474. The number of hydrogen-bond donors (Lipinski definition) is 1. The molecule has 1 amide bonds. The van der Waals surface area contributed by atoms with Crippen LogP contribution in [0.2, 0.25) is 0 Å². The normalized spacial score (nSPS) is 19.0. The van der Waals surface area contributed by atoms with E-state index in [-0.39, 0.29) is 17.6 Å². The first kappa shape index (κ1) is 17.3. The molecule has 0 radical (unpaired) electrons. The Labute approximate surface area is 137 Å². The zero-order chi connectivity index (χ0) is 16.7. The van der Waals surface area contributed by atoms with Crippen molar-refractivity contribution in [1.82, 2.24) is 5.32 Å². The van der Waals surface area contributed by atoms with Gasteiger partial charge in [0, 0.05) is 12.5 Å². The Morgan fingerprint density at radius 3 is 2.61 bits per heavy atom. The van der Waals surface area contributed by atoms with Crippen LogP contribution in [0.5, 0.6) is 0 Å². The van der Waals surface area contributed by atoms with E-state index in [9.17, 15) is 9.59 Å². The number of unbranched alkanes of at least 4 members (excludes halogenated alkanes) is 2. The minimum Gasteiger partial charge on any atom is -0.465 e. The molecule has 1 atom stereocenters. The lowest BCUT2D eigenvalue weighted by Gasteiger charge is -2.10. The van der Waals surface area contributed by atoms with E-state index in [1.807, 2.05) is 32.0 Å². The van der Waals surface area contributed by atoms with E-state index in [4.69, 9.17) is 4.74 Å². The standard InChI is InChI=1S/C19H25NO3/c1-14(2)18-19(22)20-17(23-18)13-16(21)12-8-4-7-11-15-9-5-3-6-10-15/h3,5-6,9-10,13-14,18H,4,7-8,11-12H2,1-2H3,(H,20,22)/b17-13+/t18-/m0/s1. The number of carbonyl (C=O) groups is 2. The molecule has 2 rings (SSSR count). The van der Waals surface area contributed by atoms with Crippen molar-refractivity contribution in [3.05, 3.63) is 47.9 Å². The molecule has 1 aliphatic heterocycles. The molecule has 4 heteroatoms. The minimum absolute atomic E-state index is 0.00409. The summed E-state index contributed by atoms with van der Waals surface area (Å²) in [6.45, 7) is 3.84. The highest BCUT2D eigenvalue weighted by atomic mass is 16.5. The van der Waals surface area contributed by atoms with E-state index >= 15 is 0 Å². The van der Waals surface area contributed by atoms with E-state index in [0.717, 1.165) is 25.7 Å². The van der Waals surface area contributed by atoms with Crippen LogP contribution in [0.4, 0.5) is 0 Å². The first-order chi connectivity index (χ1) is 11.1. The van der Waals surface area contributed by atoms with Gasteiger partial charge >= 0.3 is 0 Å². The van der Waals surface area contributed by atoms with Crippen LogP contribution in [0.3, 0.4) is 0 Å². The zero-order valence-electron chi connectivity index (χ0n) is 13.9. The third-order valence-electron chi connectivity index (χ3n) is 3.89. The van der Waals surface area contributed by atoms with E-state index < -0.39 is 6.10 Å². The molecule has 1 fully saturated rings. The van der Waals surface area contributed by atoms with Crippen LogP contribution in [0.25, 0.3) is 0 Å². The molecule has 1 aromatic carbocycles. The van der Waals surface area contributed by atoms with Crippen LogP contribution in [-0.2, 0) is 20.7 Å². The second-order valence-electron chi connectivity index (χ2n) is 6.29. The average Bonchev–Trinajstić information content (AvgIpc) is 2.88. The summed E-state index contributed by atoms with van der Waals surface area (Å²) in [4.78, 5) is 23.6. The molecule has 1 heterocycles. The number of aryl methyl sites for hydroxylation is 1. The predicted octanol–water partition coefficient (Wildman–Crippen LogP) is 3.37. The van der Waals surface area contributed by atoms with Crippen molar-refractivity contribution in [3.8, 4) is 0 Å². The Morgan fingerprint density at radius 1 is 1.22 bits per heavy atom. The third kappa shape index (κ3) is 5.55. The third-order valence-corrected chi connectivity index (χ3v) is 3.89. The molecule has 1 saturated heterocycles. The predicted molar refractivity (Wildman–Crippen MR) is 89.6 cm³/mol. The van der Waals surface area contributed by atoms with Gasteiger partial charge < -0.3 is 4.74 Å². The molecule has 0 unspecified atom stereocenters. The number of amides is 1. The SMILES string of the molecule is CC(C)[C@@H]1O/C(=C/C(=O)CCCCCc2ccccc2)NC1=O. The highest BCUT2D eigenvalue weighted by molar-refractivity contribution is 5.92. The highest BCUT2D eigenvalue weighted by Crippen LogP contribution is 2.17. The molecule has 0 spiro atoms. The van der Waals surface area contributed by atoms with Crippen LogP contribution >= 0.6 is 0 Å². The lowest BCUT2D eigenvalue weighted by atomic mass is 10.1. The topological polar surface area (TPSA) is 55.4 Å². The van der Waals surface area contributed by atoms with Gasteiger partial charge in [-0.25, -0.2) is 0 Å². The molecular formula is C19H25NO3. The number of rotatable bonds is 8. The summed E-state index contributed by atoms with van der Waals surface area (Å²) in [5.41, 5.74) is 1.34. The van der Waals surface area contributed by atoms with Crippen LogP contribution in [0.15, 0.2) is 42.3 Å². The number of hydrogen-bond acceptors (Lipinski definition) is 3. The number of benzene rings is 1. The molecule has 4 nitrogen and oxygen atoms in total. The lowest BCUT2D eigenvalue weighted by molar-refractivity contribution is -0.125. The summed E-state index contributed by atoms with van der Waals surface area (Å²) in [6, 6.07) is 10.4. The summed E-state index contributed by atoms with van der Waals surface area (Å²) >= 11 is 0. The molecule has 1 aromatic rings. The second-order valence-corrected chi connectivity index (χ2v) is 6.29. The molecule has 23 heavy (non-hydrogen) atoms. The van der Waals surface area contributed by atoms with Gasteiger partial charge in [0.15, 0.2) is 17.8 Å². The smallest absolute Gasteiger partial charge is 0.268 e. The number of carbonyl (C=O) groups excluding carboxylic acids is 2.